The Kier molecular flexibility index (Phi) is 7.31. The van der Waals surface area contributed by atoms with Crippen LogP contribution < -0.4 is 5.43 Å². The summed E-state index contributed by atoms with van der Waals surface area (Å²) < 4.78 is 33.9. The Morgan fingerprint density at radius 3 is 2.58 bits per heavy atom. The lowest BCUT2D eigenvalue weighted by molar-refractivity contribution is 0.00429. The van der Waals surface area contributed by atoms with Crippen molar-refractivity contribution in [3.63, 3.8) is 0 Å². The van der Waals surface area contributed by atoms with E-state index < -0.39 is 40.7 Å². The molecule has 2 atom stereocenters. The van der Waals surface area contributed by atoms with Crippen LogP contribution in [0, 0.1) is 17.6 Å². The number of Topliss-reactive ketones (excluding diaryl/α,β-unsaturated/α-hetero) is 1. The van der Waals surface area contributed by atoms with Gasteiger partial charge in [-0.05, 0) is 24.0 Å². The molecule has 9 heteroatoms. The fourth-order valence-corrected chi connectivity index (χ4v) is 4.13. The summed E-state index contributed by atoms with van der Waals surface area (Å²) in [6.07, 6.45) is 0.445. The number of ether oxygens (including phenoxy) is 1. The summed E-state index contributed by atoms with van der Waals surface area (Å²) in [7, 11) is 0. The van der Waals surface area contributed by atoms with Crippen molar-refractivity contribution in [2.75, 3.05) is 6.61 Å². The highest BCUT2D eigenvalue weighted by Gasteiger charge is 2.45. The number of aromatic nitrogens is 1. The number of hydrogen-bond acceptors (Lipinski definition) is 5. The SMILES string of the molecule is CC.CC(C)[C@H]1CO[C@@H]2Cn3cc(C(=O)CCc4ccc(F)cc4F)c(=O)c(O)c3C(=O)N12. The molecular weight excluding hydrogens is 434 g/mol. The molecule has 1 fully saturated rings. The van der Waals surface area contributed by atoms with Crippen LogP contribution in [-0.2, 0) is 17.7 Å². The second kappa shape index (κ2) is 9.82. The summed E-state index contributed by atoms with van der Waals surface area (Å²) in [5, 5.41) is 10.5. The van der Waals surface area contributed by atoms with Gasteiger partial charge >= 0.3 is 0 Å². The molecule has 1 saturated heterocycles. The fraction of sp³-hybridized carbons (Fsp3) is 0.458. The molecule has 0 aliphatic carbocycles. The predicted molar refractivity (Wildman–Crippen MR) is 117 cm³/mol. The van der Waals surface area contributed by atoms with E-state index in [1.807, 2.05) is 27.7 Å². The molecule has 33 heavy (non-hydrogen) atoms. The van der Waals surface area contributed by atoms with Crippen molar-refractivity contribution in [2.24, 2.45) is 5.92 Å². The van der Waals surface area contributed by atoms with Crippen molar-refractivity contribution in [1.29, 1.82) is 0 Å². The largest absolute Gasteiger partial charge is 0.503 e. The number of rotatable bonds is 5. The smallest absolute Gasteiger partial charge is 0.276 e. The van der Waals surface area contributed by atoms with Gasteiger partial charge in [0.15, 0.2) is 23.5 Å². The second-order valence-electron chi connectivity index (χ2n) is 8.19. The molecule has 4 rings (SSSR count). The van der Waals surface area contributed by atoms with Gasteiger partial charge in [-0.2, -0.15) is 0 Å². The average Bonchev–Trinajstić information content (AvgIpc) is 3.21. The molecule has 0 spiro atoms. The summed E-state index contributed by atoms with van der Waals surface area (Å²) in [6, 6.07) is 2.88. The summed E-state index contributed by atoms with van der Waals surface area (Å²) in [5.74, 6) is -3.28. The standard InChI is InChI=1S/C22H22F2N2O5.C2H6/c1-11(2)16-10-31-18-9-25-8-14(20(28)21(29)19(25)22(30)26(16)18)17(27)6-4-12-3-5-13(23)7-15(12)24;1-2/h3,5,7-8,11,16,18,29H,4,6,9-10H2,1-2H3;1-2H3/t16-,18-;/m1./s1. The summed E-state index contributed by atoms with van der Waals surface area (Å²) in [4.78, 5) is 39.9. The van der Waals surface area contributed by atoms with Gasteiger partial charge in [-0.25, -0.2) is 8.78 Å². The topological polar surface area (TPSA) is 88.8 Å². The number of nitrogens with zero attached hydrogens (tertiary/aromatic N) is 2. The normalized spacial score (nSPS) is 19.1. The zero-order valence-corrected chi connectivity index (χ0v) is 19.1. The first-order valence-corrected chi connectivity index (χ1v) is 11.1. The molecule has 3 heterocycles. The molecule has 2 aliphatic rings. The van der Waals surface area contributed by atoms with Crippen LogP contribution in [0.2, 0.25) is 0 Å². The number of carbonyl (C=O) groups is 2. The maximum Gasteiger partial charge on any atom is 0.276 e. The third-order valence-corrected chi connectivity index (χ3v) is 5.88. The van der Waals surface area contributed by atoms with E-state index in [-0.39, 0.29) is 48.2 Å². The van der Waals surface area contributed by atoms with Crippen molar-refractivity contribution in [1.82, 2.24) is 9.47 Å². The Morgan fingerprint density at radius 2 is 1.94 bits per heavy atom. The van der Waals surface area contributed by atoms with Crippen LogP contribution in [0.1, 0.15) is 60.5 Å². The number of aromatic hydroxyl groups is 1. The van der Waals surface area contributed by atoms with E-state index in [4.69, 9.17) is 4.74 Å². The molecule has 0 saturated carbocycles. The van der Waals surface area contributed by atoms with E-state index >= 15 is 0 Å². The van der Waals surface area contributed by atoms with Gasteiger partial charge < -0.3 is 19.3 Å². The van der Waals surface area contributed by atoms with Gasteiger partial charge in [0.1, 0.15) is 11.6 Å². The zero-order chi connectivity index (χ0) is 24.4. The monoisotopic (exact) mass is 462 g/mol. The first-order valence-electron chi connectivity index (χ1n) is 11.1. The number of hydrogen-bond donors (Lipinski definition) is 1. The van der Waals surface area contributed by atoms with Crippen molar-refractivity contribution in [3.8, 4) is 5.75 Å². The fourth-order valence-electron chi connectivity index (χ4n) is 4.13. The number of pyridine rings is 1. The van der Waals surface area contributed by atoms with Crippen molar-refractivity contribution in [2.45, 2.75) is 59.4 Å². The minimum absolute atomic E-state index is 0.0403. The molecule has 1 amide bonds. The Hall–Kier alpha value is -3.07. The third kappa shape index (κ3) is 4.55. The molecule has 178 valence electrons. The molecule has 7 nitrogen and oxygen atoms in total. The Bertz CT molecular complexity index is 1130. The maximum atomic E-state index is 13.8. The molecule has 1 aromatic carbocycles. The first-order chi connectivity index (χ1) is 15.7. The van der Waals surface area contributed by atoms with Crippen molar-refractivity contribution >= 4 is 11.7 Å². The van der Waals surface area contributed by atoms with Gasteiger partial charge in [0.2, 0.25) is 5.43 Å². The van der Waals surface area contributed by atoms with Crippen LogP contribution in [0.15, 0.2) is 29.2 Å². The minimum Gasteiger partial charge on any atom is -0.503 e. The number of halogens is 2. The summed E-state index contributed by atoms with van der Waals surface area (Å²) >= 11 is 0. The van der Waals surface area contributed by atoms with Gasteiger partial charge in [0.05, 0.1) is 24.8 Å². The van der Waals surface area contributed by atoms with Crippen LogP contribution in [0.5, 0.6) is 5.75 Å². The Balaban J connectivity index is 0.00000149. The number of carbonyl (C=O) groups excluding carboxylic acids is 2. The minimum atomic E-state index is -0.941. The lowest BCUT2D eigenvalue weighted by Crippen LogP contribution is -2.51. The van der Waals surface area contributed by atoms with Gasteiger partial charge in [-0.3, -0.25) is 14.4 Å². The van der Waals surface area contributed by atoms with Gasteiger partial charge in [-0.1, -0.05) is 33.8 Å². The molecule has 1 aromatic heterocycles. The summed E-state index contributed by atoms with van der Waals surface area (Å²) in [5.41, 5.74) is -1.26. The summed E-state index contributed by atoms with van der Waals surface area (Å²) in [6.45, 7) is 8.43. The highest BCUT2D eigenvalue weighted by molar-refractivity contribution is 6.00. The molecule has 2 aromatic rings. The van der Waals surface area contributed by atoms with Crippen molar-refractivity contribution < 1.29 is 28.2 Å². The molecular formula is C24H28F2N2O5. The van der Waals surface area contributed by atoms with E-state index in [1.165, 1.54) is 21.7 Å². The van der Waals surface area contributed by atoms with Crippen molar-refractivity contribution in [3.05, 3.63) is 63.1 Å². The molecule has 0 bridgehead atoms. The molecule has 0 unspecified atom stereocenters. The highest BCUT2D eigenvalue weighted by Crippen LogP contribution is 2.32. The van der Waals surface area contributed by atoms with E-state index in [2.05, 4.69) is 0 Å². The maximum absolute atomic E-state index is 13.8. The quantitative estimate of drug-likeness (QED) is 0.687. The van der Waals surface area contributed by atoms with Crippen LogP contribution >= 0.6 is 0 Å². The van der Waals surface area contributed by atoms with E-state index in [0.717, 1.165) is 12.1 Å². The second-order valence-corrected chi connectivity index (χ2v) is 8.19. The molecule has 0 radical (unpaired) electrons. The van der Waals surface area contributed by atoms with Crippen LogP contribution in [0.3, 0.4) is 0 Å². The molecule has 1 N–H and O–H groups in total. The van der Waals surface area contributed by atoms with Gasteiger partial charge in [-0.15, -0.1) is 0 Å². The third-order valence-electron chi connectivity index (χ3n) is 5.88. The number of ketones is 1. The van der Waals surface area contributed by atoms with E-state index in [1.54, 1.807) is 0 Å². The van der Waals surface area contributed by atoms with Crippen LogP contribution in [0.4, 0.5) is 8.78 Å². The number of fused-ring (bicyclic) bond motifs is 2. The van der Waals surface area contributed by atoms with Gasteiger partial charge in [0.25, 0.3) is 5.91 Å². The average molecular weight is 462 g/mol. The molecule has 2 aliphatic heterocycles. The van der Waals surface area contributed by atoms with Gasteiger partial charge in [0, 0.05) is 18.7 Å². The highest BCUT2D eigenvalue weighted by atomic mass is 19.1. The Morgan fingerprint density at radius 1 is 1.24 bits per heavy atom. The van der Waals surface area contributed by atoms with Crippen LogP contribution in [0.25, 0.3) is 0 Å². The number of benzene rings is 1. The number of aryl methyl sites for hydroxylation is 1. The first kappa shape index (κ1) is 24.6. The lowest BCUT2D eigenvalue weighted by atomic mass is 10.0. The van der Waals surface area contributed by atoms with E-state index in [0.29, 0.717) is 6.61 Å². The van der Waals surface area contributed by atoms with Crippen LogP contribution in [-0.4, -0.2) is 45.1 Å². The zero-order valence-electron chi connectivity index (χ0n) is 19.1. The Labute approximate surface area is 190 Å². The lowest BCUT2D eigenvalue weighted by Gasteiger charge is -2.35. The number of amides is 1. The predicted octanol–water partition coefficient (Wildman–Crippen LogP) is 3.51. The van der Waals surface area contributed by atoms with E-state index in [9.17, 15) is 28.3 Å².